The molecule has 0 radical (unpaired) electrons. The van der Waals surface area contributed by atoms with Crippen molar-refractivity contribution in [3.8, 4) is 0 Å². The van der Waals surface area contributed by atoms with E-state index in [-0.39, 0.29) is 5.78 Å². The van der Waals surface area contributed by atoms with E-state index in [0.29, 0.717) is 0 Å². The summed E-state index contributed by atoms with van der Waals surface area (Å²) in [7, 11) is 0. The summed E-state index contributed by atoms with van der Waals surface area (Å²) in [4.78, 5) is 11.8. The van der Waals surface area contributed by atoms with Gasteiger partial charge in [0.1, 0.15) is 0 Å². The molecule has 0 spiro atoms. The monoisotopic (exact) mass is 334 g/mol. The van der Waals surface area contributed by atoms with E-state index in [1.807, 2.05) is 60.7 Å². The average Bonchev–Trinajstić information content (AvgIpc) is 2.37. The molecule has 84 valence electrons. The van der Waals surface area contributed by atoms with E-state index in [1.54, 1.807) is 6.08 Å². The van der Waals surface area contributed by atoms with Crippen LogP contribution in [0.25, 0.3) is 6.08 Å². The number of hydrogen-bond acceptors (Lipinski definition) is 1. The first-order chi connectivity index (χ1) is 8.25. The Morgan fingerprint density at radius 2 is 1.76 bits per heavy atom. The zero-order valence-corrected chi connectivity index (χ0v) is 11.3. The summed E-state index contributed by atoms with van der Waals surface area (Å²) < 4.78 is 1.16. The lowest BCUT2D eigenvalue weighted by Gasteiger charge is -1.95. The maximum Gasteiger partial charge on any atom is 0.185 e. The molecular weight excluding hydrogens is 323 g/mol. The van der Waals surface area contributed by atoms with Crippen LogP contribution in [0.3, 0.4) is 0 Å². The van der Waals surface area contributed by atoms with E-state index in [9.17, 15) is 4.79 Å². The number of benzene rings is 2. The molecule has 0 amide bonds. The van der Waals surface area contributed by atoms with Crippen molar-refractivity contribution >= 4 is 34.5 Å². The quantitative estimate of drug-likeness (QED) is 0.467. The fourth-order valence-electron chi connectivity index (χ4n) is 1.48. The molecule has 0 saturated carbocycles. The third-order valence-corrected chi connectivity index (χ3v) is 3.01. The molecule has 0 heterocycles. The topological polar surface area (TPSA) is 17.1 Å². The SMILES string of the molecule is O=C(C=Cc1cccc(I)c1)c1ccccc1. The Hall–Kier alpha value is -1.42. The van der Waals surface area contributed by atoms with E-state index in [4.69, 9.17) is 0 Å². The minimum Gasteiger partial charge on any atom is -0.289 e. The van der Waals surface area contributed by atoms with Crippen LogP contribution in [0.4, 0.5) is 0 Å². The summed E-state index contributed by atoms with van der Waals surface area (Å²) in [6.07, 6.45) is 3.46. The fourth-order valence-corrected chi connectivity index (χ4v) is 2.05. The third-order valence-electron chi connectivity index (χ3n) is 2.33. The standard InChI is InChI=1S/C15H11IO/c16-14-8-4-5-12(11-14)9-10-15(17)13-6-2-1-3-7-13/h1-11H. The fraction of sp³-hybridized carbons (Fsp3) is 0. The van der Waals surface area contributed by atoms with Crippen LogP contribution >= 0.6 is 22.6 Å². The number of ketones is 1. The van der Waals surface area contributed by atoms with E-state index < -0.39 is 0 Å². The number of carbonyl (C=O) groups excluding carboxylic acids is 1. The summed E-state index contributed by atoms with van der Waals surface area (Å²) in [6.45, 7) is 0. The van der Waals surface area contributed by atoms with Crippen LogP contribution in [0, 0.1) is 3.57 Å². The van der Waals surface area contributed by atoms with E-state index in [0.717, 1.165) is 14.7 Å². The Labute approximate surface area is 114 Å². The van der Waals surface area contributed by atoms with Gasteiger partial charge in [0.15, 0.2) is 5.78 Å². The van der Waals surface area contributed by atoms with Gasteiger partial charge in [0.2, 0.25) is 0 Å². The lowest BCUT2D eigenvalue weighted by Crippen LogP contribution is -1.92. The molecule has 0 unspecified atom stereocenters. The molecule has 0 fully saturated rings. The molecule has 0 N–H and O–H groups in total. The lowest BCUT2D eigenvalue weighted by atomic mass is 10.1. The lowest BCUT2D eigenvalue weighted by molar-refractivity contribution is 0.104. The normalized spacial score (nSPS) is 10.6. The van der Waals surface area contributed by atoms with Gasteiger partial charge < -0.3 is 0 Å². The van der Waals surface area contributed by atoms with E-state index >= 15 is 0 Å². The zero-order valence-electron chi connectivity index (χ0n) is 9.14. The molecule has 0 aromatic heterocycles. The Morgan fingerprint density at radius 3 is 2.47 bits per heavy atom. The highest BCUT2D eigenvalue weighted by atomic mass is 127. The molecule has 0 aliphatic heterocycles. The Bertz CT molecular complexity index is 544. The van der Waals surface area contributed by atoms with Gasteiger partial charge in [0.25, 0.3) is 0 Å². The highest BCUT2D eigenvalue weighted by Crippen LogP contribution is 2.10. The van der Waals surface area contributed by atoms with Gasteiger partial charge in [0.05, 0.1) is 0 Å². The van der Waals surface area contributed by atoms with Gasteiger partial charge in [-0.05, 0) is 46.4 Å². The van der Waals surface area contributed by atoms with Crippen molar-refractivity contribution in [3.05, 3.63) is 75.4 Å². The number of rotatable bonds is 3. The summed E-state index contributed by atoms with van der Waals surface area (Å²) in [6, 6.07) is 17.3. The first-order valence-electron chi connectivity index (χ1n) is 5.29. The molecule has 0 aliphatic rings. The number of hydrogen-bond donors (Lipinski definition) is 0. The Morgan fingerprint density at radius 1 is 1.00 bits per heavy atom. The van der Waals surface area contributed by atoms with Gasteiger partial charge in [-0.15, -0.1) is 0 Å². The van der Waals surface area contributed by atoms with Gasteiger partial charge in [0, 0.05) is 9.13 Å². The molecule has 0 saturated heterocycles. The second-order valence-corrected chi connectivity index (χ2v) is 4.86. The molecule has 2 heteroatoms. The summed E-state index contributed by atoms with van der Waals surface area (Å²) in [5.41, 5.74) is 1.76. The van der Waals surface area contributed by atoms with Crippen molar-refractivity contribution in [2.24, 2.45) is 0 Å². The maximum absolute atomic E-state index is 11.8. The highest BCUT2D eigenvalue weighted by molar-refractivity contribution is 14.1. The molecule has 0 atom stereocenters. The summed E-state index contributed by atoms with van der Waals surface area (Å²) in [5, 5.41) is 0. The van der Waals surface area contributed by atoms with E-state index in [2.05, 4.69) is 22.6 Å². The molecule has 0 aliphatic carbocycles. The molecule has 2 aromatic carbocycles. The van der Waals surface area contributed by atoms with Crippen molar-refractivity contribution < 1.29 is 4.79 Å². The second kappa shape index (κ2) is 5.77. The predicted octanol–water partition coefficient (Wildman–Crippen LogP) is 4.19. The predicted molar refractivity (Wildman–Crippen MR) is 79.0 cm³/mol. The molecule has 0 bridgehead atoms. The number of allylic oxidation sites excluding steroid dienone is 1. The molecule has 2 rings (SSSR count). The van der Waals surface area contributed by atoms with Crippen molar-refractivity contribution in [2.45, 2.75) is 0 Å². The van der Waals surface area contributed by atoms with Crippen LogP contribution < -0.4 is 0 Å². The van der Waals surface area contributed by atoms with Crippen LogP contribution in [0.15, 0.2) is 60.7 Å². The average molecular weight is 334 g/mol. The number of carbonyl (C=O) groups is 1. The largest absolute Gasteiger partial charge is 0.289 e. The molecular formula is C15H11IO. The number of halogens is 1. The molecule has 1 nitrogen and oxygen atoms in total. The van der Waals surface area contributed by atoms with Crippen molar-refractivity contribution in [1.82, 2.24) is 0 Å². The summed E-state index contributed by atoms with van der Waals surface area (Å²) in [5.74, 6) is 0.0319. The van der Waals surface area contributed by atoms with E-state index in [1.165, 1.54) is 0 Å². The molecule has 17 heavy (non-hydrogen) atoms. The van der Waals surface area contributed by atoms with Crippen LogP contribution in [0.5, 0.6) is 0 Å². The van der Waals surface area contributed by atoms with Gasteiger partial charge in [-0.2, -0.15) is 0 Å². The minimum atomic E-state index is 0.0319. The first-order valence-corrected chi connectivity index (χ1v) is 6.36. The zero-order chi connectivity index (χ0) is 12.1. The smallest absolute Gasteiger partial charge is 0.185 e. The van der Waals surface area contributed by atoms with Gasteiger partial charge in [-0.3, -0.25) is 4.79 Å². The third kappa shape index (κ3) is 3.53. The maximum atomic E-state index is 11.8. The van der Waals surface area contributed by atoms with Crippen molar-refractivity contribution in [2.75, 3.05) is 0 Å². The second-order valence-electron chi connectivity index (χ2n) is 3.62. The highest BCUT2D eigenvalue weighted by Gasteiger charge is 1.99. The van der Waals surface area contributed by atoms with Gasteiger partial charge >= 0.3 is 0 Å². The molecule has 2 aromatic rings. The van der Waals surface area contributed by atoms with Crippen molar-refractivity contribution in [3.63, 3.8) is 0 Å². The van der Waals surface area contributed by atoms with Crippen LogP contribution in [0.2, 0.25) is 0 Å². The Kier molecular flexibility index (Phi) is 4.09. The van der Waals surface area contributed by atoms with Crippen LogP contribution in [0.1, 0.15) is 15.9 Å². The first kappa shape index (κ1) is 12.0. The van der Waals surface area contributed by atoms with Crippen LogP contribution in [-0.2, 0) is 0 Å². The van der Waals surface area contributed by atoms with Gasteiger partial charge in [-0.25, -0.2) is 0 Å². The van der Waals surface area contributed by atoms with Crippen LogP contribution in [-0.4, -0.2) is 5.78 Å². The summed E-state index contributed by atoms with van der Waals surface area (Å²) >= 11 is 2.26. The Balaban J connectivity index is 2.14. The minimum absolute atomic E-state index is 0.0319. The van der Waals surface area contributed by atoms with Crippen molar-refractivity contribution in [1.29, 1.82) is 0 Å². The van der Waals surface area contributed by atoms with Gasteiger partial charge in [-0.1, -0.05) is 48.5 Å².